The van der Waals surface area contributed by atoms with Crippen molar-refractivity contribution in [1.82, 2.24) is 4.90 Å². The highest BCUT2D eigenvalue weighted by Crippen LogP contribution is 2.21. The van der Waals surface area contributed by atoms with E-state index in [0.717, 1.165) is 32.4 Å². The molecule has 2 aromatic rings. The first kappa shape index (κ1) is 18.3. The summed E-state index contributed by atoms with van der Waals surface area (Å²) in [6, 6.07) is 12.7. The van der Waals surface area contributed by atoms with Gasteiger partial charge >= 0.3 is 0 Å². The van der Waals surface area contributed by atoms with Gasteiger partial charge in [-0.3, -0.25) is 9.52 Å². The first-order valence-electron chi connectivity index (χ1n) is 8.56. The van der Waals surface area contributed by atoms with Crippen LogP contribution in [0.15, 0.2) is 53.4 Å². The number of nitrogens with one attached hydrogen (secondary N) is 1. The molecule has 0 aromatic heterocycles. The molecule has 0 spiro atoms. The van der Waals surface area contributed by atoms with Crippen LogP contribution in [0.5, 0.6) is 5.75 Å². The van der Waals surface area contributed by atoms with Crippen LogP contribution in [0.1, 0.15) is 29.6 Å². The Bertz CT molecular complexity index is 873. The third-order valence-corrected chi connectivity index (χ3v) is 5.77. The van der Waals surface area contributed by atoms with Gasteiger partial charge in [-0.25, -0.2) is 8.42 Å². The van der Waals surface area contributed by atoms with E-state index in [-0.39, 0.29) is 10.8 Å². The van der Waals surface area contributed by atoms with E-state index >= 15 is 0 Å². The molecule has 1 heterocycles. The molecule has 1 aliphatic rings. The number of benzene rings is 2. The van der Waals surface area contributed by atoms with Gasteiger partial charge in [-0.2, -0.15) is 0 Å². The van der Waals surface area contributed by atoms with Crippen molar-refractivity contribution in [2.45, 2.75) is 24.2 Å². The second-order valence-electron chi connectivity index (χ2n) is 6.21. The molecule has 0 bridgehead atoms. The molecule has 0 atom stereocenters. The Balaban J connectivity index is 1.75. The van der Waals surface area contributed by atoms with E-state index in [4.69, 9.17) is 4.74 Å². The van der Waals surface area contributed by atoms with E-state index in [1.807, 2.05) is 4.90 Å². The summed E-state index contributed by atoms with van der Waals surface area (Å²) in [5.41, 5.74) is 0.921. The molecular formula is C19H22N2O4S. The van der Waals surface area contributed by atoms with Crippen LogP contribution in [0.3, 0.4) is 0 Å². The zero-order valence-electron chi connectivity index (χ0n) is 14.6. The average molecular weight is 374 g/mol. The minimum atomic E-state index is -3.74. The van der Waals surface area contributed by atoms with E-state index in [9.17, 15) is 13.2 Å². The molecular weight excluding hydrogens is 352 g/mol. The van der Waals surface area contributed by atoms with E-state index in [0.29, 0.717) is 17.0 Å². The Kier molecular flexibility index (Phi) is 5.46. The Labute approximate surface area is 153 Å². The minimum Gasteiger partial charge on any atom is -0.497 e. The van der Waals surface area contributed by atoms with Crippen LogP contribution in [-0.2, 0) is 10.0 Å². The Hall–Kier alpha value is -2.54. The molecule has 6 nitrogen and oxygen atoms in total. The SMILES string of the molecule is COc1cccc(NS(=O)(=O)c2ccc(C(=O)N3CCCCC3)cc2)c1. The van der Waals surface area contributed by atoms with Gasteiger partial charge in [-0.1, -0.05) is 6.07 Å². The predicted octanol–water partition coefficient (Wildman–Crippen LogP) is 3.12. The van der Waals surface area contributed by atoms with Gasteiger partial charge in [0.05, 0.1) is 17.7 Å². The molecule has 0 unspecified atom stereocenters. The van der Waals surface area contributed by atoms with Crippen LogP contribution >= 0.6 is 0 Å². The van der Waals surface area contributed by atoms with Crippen molar-refractivity contribution in [3.63, 3.8) is 0 Å². The van der Waals surface area contributed by atoms with Crippen LogP contribution < -0.4 is 9.46 Å². The number of carbonyl (C=O) groups excluding carboxylic acids is 1. The second-order valence-corrected chi connectivity index (χ2v) is 7.90. The van der Waals surface area contributed by atoms with Gasteiger partial charge in [0.25, 0.3) is 15.9 Å². The summed E-state index contributed by atoms with van der Waals surface area (Å²) in [6.07, 6.45) is 3.18. The molecule has 1 saturated heterocycles. The number of hydrogen-bond acceptors (Lipinski definition) is 4. The normalized spacial score (nSPS) is 14.7. The summed E-state index contributed by atoms with van der Waals surface area (Å²) in [7, 11) is -2.22. The minimum absolute atomic E-state index is 0.0468. The molecule has 0 radical (unpaired) electrons. The van der Waals surface area contributed by atoms with Crippen molar-refractivity contribution >= 4 is 21.6 Å². The Morgan fingerprint density at radius 3 is 2.38 bits per heavy atom. The van der Waals surface area contributed by atoms with Gasteiger partial charge in [-0.15, -0.1) is 0 Å². The van der Waals surface area contributed by atoms with Crippen LogP contribution in [-0.4, -0.2) is 39.4 Å². The summed E-state index contributed by atoms with van der Waals surface area (Å²) >= 11 is 0. The zero-order valence-corrected chi connectivity index (χ0v) is 15.5. The van der Waals surface area contributed by atoms with Crippen molar-refractivity contribution in [3.05, 3.63) is 54.1 Å². The van der Waals surface area contributed by atoms with Crippen molar-refractivity contribution in [1.29, 1.82) is 0 Å². The van der Waals surface area contributed by atoms with Gasteiger partial charge in [0.15, 0.2) is 0 Å². The molecule has 3 rings (SSSR count). The number of anilines is 1. The molecule has 26 heavy (non-hydrogen) atoms. The number of amides is 1. The van der Waals surface area contributed by atoms with Gasteiger partial charge in [0.1, 0.15) is 5.75 Å². The summed E-state index contributed by atoms with van der Waals surface area (Å²) in [5.74, 6) is 0.516. The lowest BCUT2D eigenvalue weighted by Gasteiger charge is -2.26. The number of carbonyl (C=O) groups is 1. The zero-order chi connectivity index (χ0) is 18.6. The molecule has 2 aromatic carbocycles. The fourth-order valence-corrected chi connectivity index (χ4v) is 4.01. The first-order chi connectivity index (χ1) is 12.5. The number of likely N-dealkylation sites (tertiary alicyclic amines) is 1. The van der Waals surface area contributed by atoms with Gasteiger partial charge in [-0.05, 0) is 55.7 Å². The number of hydrogen-bond donors (Lipinski definition) is 1. The number of piperidine rings is 1. The third-order valence-electron chi connectivity index (χ3n) is 4.38. The van der Waals surface area contributed by atoms with Crippen molar-refractivity contribution in [3.8, 4) is 5.75 Å². The molecule has 138 valence electrons. The second kappa shape index (κ2) is 7.78. The van der Waals surface area contributed by atoms with Crippen LogP contribution in [0, 0.1) is 0 Å². The standard InChI is InChI=1S/C19H22N2O4S/c1-25-17-7-5-6-16(14-17)20-26(23,24)18-10-8-15(9-11-18)19(22)21-12-3-2-4-13-21/h5-11,14,20H,2-4,12-13H2,1H3. The number of ether oxygens (including phenoxy) is 1. The number of nitrogens with zero attached hydrogens (tertiary/aromatic N) is 1. The summed E-state index contributed by atoms with van der Waals surface area (Å²) < 4.78 is 32.7. The lowest BCUT2D eigenvalue weighted by atomic mass is 10.1. The Morgan fingerprint density at radius 1 is 1.04 bits per heavy atom. The third kappa shape index (κ3) is 4.16. The predicted molar refractivity (Wildman–Crippen MR) is 100.0 cm³/mol. The highest BCUT2D eigenvalue weighted by Gasteiger charge is 2.20. The summed E-state index contributed by atoms with van der Waals surface area (Å²) in [5, 5.41) is 0. The molecule has 7 heteroatoms. The lowest BCUT2D eigenvalue weighted by molar-refractivity contribution is 0.0724. The molecule has 0 aliphatic carbocycles. The maximum atomic E-state index is 12.5. The largest absolute Gasteiger partial charge is 0.497 e. The van der Waals surface area contributed by atoms with E-state index in [1.165, 1.54) is 19.2 Å². The smallest absolute Gasteiger partial charge is 0.261 e. The lowest BCUT2D eigenvalue weighted by Crippen LogP contribution is -2.35. The number of sulfonamides is 1. The van der Waals surface area contributed by atoms with Gasteiger partial charge in [0, 0.05) is 24.7 Å². The van der Waals surface area contributed by atoms with Gasteiger partial charge in [0.2, 0.25) is 0 Å². The fourth-order valence-electron chi connectivity index (χ4n) is 2.96. The van der Waals surface area contributed by atoms with E-state index in [2.05, 4.69) is 4.72 Å². The van der Waals surface area contributed by atoms with Crippen molar-refractivity contribution in [2.24, 2.45) is 0 Å². The first-order valence-corrected chi connectivity index (χ1v) is 10.0. The fraction of sp³-hybridized carbons (Fsp3) is 0.316. The summed E-state index contributed by atoms with van der Waals surface area (Å²) in [6.45, 7) is 1.52. The van der Waals surface area contributed by atoms with Crippen LogP contribution in [0.25, 0.3) is 0 Å². The molecule has 0 saturated carbocycles. The van der Waals surface area contributed by atoms with Gasteiger partial charge < -0.3 is 9.64 Å². The quantitative estimate of drug-likeness (QED) is 0.872. The van der Waals surface area contributed by atoms with Crippen molar-refractivity contribution < 1.29 is 17.9 Å². The van der Waals surface area contributed by atoms with E-state index in [1.54, 1.807) is 36.4 Å². The van der Waals surface area contributed by atoms with Crippen molar-refractivity contribution in [2.75, 3.05) is 24.9 Å². The maximum absolute atomic E-state index is 12.5. The highest BCUT2D eigenvalue weighted by atomic mass is 32.2. The molecule has 1 amide bonds. The molecule has 1 N–H and O–H groups in total. The monoisotopic (exact) mass is 374 g/mol. The number of methoxy groups -OCH3 is 1. The molecule has 1 fully saturated rings. The van der Waals surface area contributed by atoms with Crippen LogP contribution in [0.4, 0.5) is 5.69 Å². The number of rotatable bonds is 5. The summed E-state index contributed by atoms with van der Waals surface area (Å²) in [4.78, 5) is 14.4. The molecule has 1 aliphatic heterocycles. The topological polar surface area (TPSA) is 75.7 Å². The van der Waals surface area contributed by atoms with Crippen LogP contribution in [0.2, 0.25) is 0 Å². The maximum Gasteiger partial charge on any atom is 0.261 e. The average Bonchev–Trinajstić information content (AvgIpc) is 2.68. The highest BCUT2D eigenvalue weighted by molar-refractivity contribution is 7.92. The Morgan fingerprint density at radius 2 is 1.73 bits per heavy atom. The van der Waals surface area contributed by atoms with E-state index < -0.39 is 10.0 Å².